The molecule has 0 spiro atoms. The van der Waals surface area contributed by atoms with E-state index in [2.05, 4.69) is 11.8 Å². The summed E-state index contributed by atoms with van der Waals surface area (Å²) in [6, 6.07) is 5.88. The molecule has 0 aliphatic heterocycles. The van der Waals surface area contributed by atoms with Crippen LogP contribution in [-0.4, -0.2) is 5.78 Å². The van der Waals surface area contributed by atoms with Crippen molar-refractivity contribution in [3.05, 3.63) is 34.9 Å². The summed E-state index contributed by atoms with van der Waals surface area (Å²) in [4.78, 5) is 11.7. The van der Waals surface area contributed by atoms with Gasteiger partial charge < -0.3 is 0 Å². The lowest BCUT2D eigenvalue weighted by Crippen LogP contribution is -2.03. The van der Waals surface area contributed by atoms with Crippen LogP contribution in [0.2, 0.25) is 0 Å². The Bertz CT molecular complexity index is 385. The number of hydrogen-bond donors (Lipinski definition) is 0. The van der Waals surface area contributed by atoms with E-state index in [0.717, 1.165) is 16.7 Å². The van der Waals surface area contributed by atoms with Gasteiger partial charge in [0, 0.05) is 5.56 Å². The summed E-state index contributed by atoms with van der Waals surface area (Å²) in [5, 5.41) is 0. The van der Waals surface area contributed by atoms with Crippen molar-refractivity contribution in [1.82, 2.24) is 0 Å². The van der Waals surface area contributed by atoms with Gasteiger partial charge in [-0.05, 0) is 31.9 Å². The summed E-state index contributed by atoms with van der Waals surface area (Å²) in [6.07, 6.45) is 0.322. The molecule has 0 saturated heterocycles. The Hall–Kier alpha value is -1.55. The number of carbonyl (C=O) groups is 1. The molecule has 0 aliphatic carbocycles. The number of carbonyl (C=O) groups excluding carboxylic acids is 1. The minimum Gasteiger partial charge on any atom is -0.293 e. The SMILES string of the molecule is CC#CCC(=O)c1c(C)cccc1C. The Kier molecular flexibility index (Phi) is 3.48. The third kappa shape index (κ3) is 2.23. The summed E-state index contributed by atoms with van der Waals surface area (Å²) in [6.45, 7) is 5.66. The Morgan fingerprint density at radius 2 is 1.86 bits per heavy atom. The second-order valence-corrected chi connectivity index (χ2v) is 3.29. The molecule has 14 heavy (non-hydrogen) atoms. The van der Waals surface area contributed by atoms with Gasteiger partial charge >= 0.3 is 0 Å². The maximum absolute atomic E-state index is 11.7. The molecule has 0 fully saturated rings. The second kappa shape index (κ2) is 4.62. The monoisotopic (exact) mass is 186 g/mol. The molecule has 0 N–H and O–H groups in total. The number of aryl methyl sites for hydroxylation is 2. The van der Waals surface area contributed by atoms with Crippen molar-refractivity contribution < 1.29 is 4.79 Å². The van der Waals surface area contributed by atoms with Crippen LogP contribution in [0.3, 0.4) is 0 Å². The molecule has 1 rings (SSSR count). The molecular weight excluding hydrogens is 172 g/mol. The summed E-state index contributed by atoms with van der Waals surface area (Å²) in [5.41, 5.74) is 2.90. The zero-order valence-electron chi connectivity index (χ0n) is 8.85. The van der Waals surface area contributed by atoms with E-state index in [4.69, 9.17) is 0 Å². The predicted molar refractivity (Wildman–Crippen MR) is 58.3 cm³/mol. The standard InChI is InChI=1S/C13H14O/c1-4-5-9-12(14)13-10(2)7-6-8-11(13)3/h6-8H,9H2,1-3H3. The van der Waals surface area contributed by atoms with Gasteiger partial charge in [-0.3, -0.25) is 4.79 Å². The van der Waals surface area contributed by atoms with E-state index in [9.17, 15) is 4.79 Å². The van der Waals surface area contributed by atoms with Gasteiger partial charge in [0.25, 0.3) is 0 Å². The molecule has 0 bridgehead atoms. The van der Waals surface area contributed by atoms with Crippen LogP contribution in [0.1, 0.15) is 34.8 Å². The van der Waals surface area contributed by atoms with Crippen LogP contribution in [0, 0.1) is 25.7 Å². The van der Waals surface area contributed by atoms with Crippen LogP contribution in [0.4, 0.5) is 0 Å². The molecule has 0 aromatic heterocycles. The molecule has 1 heteroatoms. The zero-order chi connectivity index (χ0) is 10.6. The molecule has 0 atom stereocenters. The van der Waals surface area contributed by atoms with Crippen molar-refractivity contribution in [2.75, 3.05) is 0 Å². The van der Waals surface area contributed by atoms with Crippen molar-refractivity contribution >= 4 is 5.78 Å². The summed E-state index contributed by atoms with van der Waals surface area (Å²) in [7, 11) is 0. The van der Waals surface area contributed by atoms with Gasteiger partial charge in [0.15, 0.2) is 5.78 Å². The lowest BCUT2D eigenvalue weighted by atomic mass is 9.98. The summed E-state index contributed by atoms with van der Waals surface area (Å²) < 4.78 is 0. The van der Waals surface area contributed by atoms with Crippen molar-refractivity contribution in [3.8, 4) is 11.8 Å². The van der Waals surface area contributed by atoms with Crippen LogP contribution in [0.15, 0.2) is 18.2 Å². The Morgan fingerprint density at radius 1 is 1.29 bits per heavy atom. The molecule has 1 nitrogen and oxygen atoms in total. The van der Waals surface area contributed by atoms with Crippen LogP contribution in [-0.2, 0) is 0 Å². The third-order valence-corrected chi connectivity index (χ3v) is 2.19. The van der Waals surface area contributed by atoms with E-state index in [1.807, 2.05) is 32.0 Å². The lowest BCUT2D eigenvalue weighted by Gasteiger charge is -2.05. The number of rotatable bonds is 2. The van der Waals surface area contributed by atoms with E-state index < -0.39 is 0 Å². The Labute approximate surface area is 85.1 Å². The molecule has 0 saturated carbocycles. The third-order valence-electron chi connectivity index (χ3n) is 2.19. The first-order valence-corrected chi connectivity index (χ1v) is 4.66. The van der Waals surface area contributed by atoms with Gasteiger partial charge in [0.2, 0.25) is 0 Å². The normalized spacial score (nSPS) is 9.07. The average Bonchev–Trinajstić information content (AvgIpc) is 2.14. The largest absolute Gasteiger partial charge is 0.293 e. The fourth-order valence-electron chi connectivity index (χ4n) is 1.51. The van der Waals surface area contributed by atoms with Crippen molar-refractivity contribution in [1.29, 1.82) is 0 Å². The molecule has 0 heterocycles. The van der Waals surface area contributed by atoms with Gasteiger partial charge in [-0.1, -0.05) is 24.1 Å². The van der Waals surface area contributed by atoms with Crippen molar-refractivity contribution in [3.63, 3.8) is 0 Å². The highest BCUT2D eigenvalue weighted by Crippen LogP contribution is 2.14. The van der Waals surface area contributed by atoms with E-state index in [1.165, 1.54) is 0 Å². The number of ketones is 1. The van der Waals surface area contributed by atoms with Gasteiger partial charge in [0.1, 0.15) is 0 Å². The first-order valence-electron chi connectivity index (χ1n) is 4.66. The van der Waals surface area contributed by atoms with Gasteiger partial charge in [-0.25, -0.2) is 0 Å². The maximum atomic E-state index is 11.7. The Balaban J connectivity index is 3.04. The average molecular weight is 186 g/mol. The van der Waals surface area contributed by atoms with E-state index in [0.29, 0.717) is 6.42 Å². The van der Waals surface area contributed by atoms with Crippen LogP contribution in [0.25, 0.3) is 0 Å². The molecule has 0 aliphatic rings. The smallest absolute Gasteiger partial charge is 0.175 e. The maximum Gasteiger partial charge on any atom is 0.175 e. The lowest BCUT2D eigenvalue weighted by molar-refractivity contribution is 0.0997. The molecule has 0 radical (unpaired) electrons. The van der Waals surface area contributed by atoms with E-state index in [1.54, 1.807) is 6.92 Å². The highest BCUT2D eigenvalue weighted by molar-refractivity contribution is 6.00. The second-order valence-electron chi connectivity index (χ2n) is 3.29. The molecule has 72 valence electrons. The van der Waals surface area contributed by atoms with E-state index in [-0.39, 0.29) is 5.78 Å². The molecule has 0 amide bonds. The first kappa shape index (κ1) is 10.5. The van der Waals surface area contributed by atoms with Gasteiger partial charge in [0.05, 0.1) is 6.42 Å². The van der Waals surface area contributed by atoms with Crippen LogP contribution < -0.4 is 0 Å². The molecule has 0 unspecified atom stereocenters. The minimum atomic E-state index is 0.120. The topological polar surface area (TPSA) is 17.1 Å². The Morgan fingerprint density at radius 3 is 2.36 bits per heavy atom. The van der Waals surface area contributed by atoms with E-state index >= 15 is 0 Å². The zero-order valence-corrected chi connectivity index (χ0v) is 8.85. The van der Waals surface area contributed by atoms with Gasteiger partial charge in [-0.2, -0.15) is 0 Å². The predicted octanol–water partition coefficient (Wildman–Crippen LogP) is 2.90. The van der Waals surface area contributed by atoms with Crippen LogP contribution in [0.5, 0.6) is 0 Å². The fourth-order valence-corrected chi connectivity index (χ4v) is 1.51. The number of Topliss-reactive ketones (excluding diaryl/α,β-unsaturated/α-hetero) is 1. The number of benzene rings is 1. The van der Waals surface area contributed by atoms with Gasteiger partial charge in [-0.15, -0.1) is 5.92 Å². The molecular formula is C13H14O. The highest BCUT2D eigenvalue weighted by Gasteiger charge is 2.09. The minimum absolute atomic E-state index is 0.120. The summed E-state index contributed by atoms with van der Waals surface area (Å²) in [5.74, 6) is 5.66. The van der Waals surface area contributed by atoms with Crippen molar-refractivity contribution in [2.45, 2.75) is 27.2 Å². The fraction of sp³-hybridized carbons (Fsp3) is 0.308. The first-order chi connectivity index (χ1) is 6.66. The molecule has 1 aromatic carbocycles. The quantitative estimate of drug-likeness (QED) is 0.512. The number of hydrogen-bond acceptors (Lipinski definition) is 1. The van der Waals surface area contributed by atoms with Crippen molar-refractivity contribution in [2.24, 2.45) is 0 Å². The summed E-state index contributed by atoms with van der Waals surface area (Å²) >= 11 is 0. The molecule has 1 aromatic rings. The van der Waals surface area contributed by atoms with Crippen LogP contribution >= 0.6 is 0 Å². The highest BCUT2D eigenvalue weighted by atomic mass is 16.1.